The lowest BCUT2D eigenvalue weighted by atomic mass is 10.0. The summed E-state index contributed by atoms with van der Waals surface area (Å²) in [6, 6.07) is 15.6. The maximum absolute atomic E-state index is 10.9. The zero-order valence-electron chi connectivity index (χ0n) is 14.3. The van der Waals surface area contributed by atoms with Crippen LogP contribution in [0.25, 0.3) is 22.0 Å². The number of nitrogens with one attached hydrogen (secondary N) is 1. The number of anilines is 1. The van der Waals surface area contributed by atoms with E-state index in [4.69, 9.17) is 9.29 Å². The minimum Gasteiger partial charge on any atom is -0.377 e. The van der Waals surface area contributed by atoms with Crippen LogP contribution in [-0.2, 0) is 21.6 Å². The van der Waals surface area contributed by atoms with E-state index in [1.165, 1.54) is 0 Å². The van der Waals surface area contributed by atoms with E-state index in [-0.39, 0.29) is 17.5 Å². The number of aromatic nitrogens is 2. The summed E-state index contributed by atoms with van der Waals surface area (Å²) in [5, 5.41) is 21.7. The first-order valence-electron chi connectivity index (χ1n) is 8.35. The van der Waals surface area contributed by atoms with E-state index in [1.807, 2.05) is 42.5 Å². The van der Waals surface area contributed by atoms with Crippen molar-refractivity contribution >= 4 is 27.7 Å². The van der Waals surface area contributed by atoms with Crippen LogP contribution < -0.4 is 5.32 Å². The van der Waals surface area contributed by atoms with Crippen LogP contribution in [0, 0.1) is 11.3 Å². The molecule has 8 heteroatoms. The Bertz CT molecular complexity index is 1060. The Labute approximate surface area is 158 Å². The van der Waals surface area contributed by atoms with Gasteiger partial charge in [0.05, 0.1) is 36.2 Å². The van der Waals surface area contributed by atoms with Gasteiger partial charge in [0, 0.05) is 5.39 Å². The molecule has 0 aliphatic carbocycles. The number of hydrogen-bond acceptors (Lipinski definition) is 6. The zero-order chi connectivity index (χ0) is 18.8. The Balaban J connectivity index is 1.70. The highest BCUT2D eigenvalue weighted by Crippen LogP contribution is 2.30. The van der Waals surface area contributed by atoms with Crippen molar-refractivity contribution in [2.75, 3.05) is 18.5 Å². The highest BCUT2D eigenvalue weighted by atomic mass is 32.2. The fourth-order valence-electron chi connectivity index (χ4n) is 2.97. The Morgan fingerprint density at radius 3 is 2.56 bits per heavy atom. The molecule has 27 heavy (non-hydrogen) atoms. The number of nitrogens with zero attached hydrogens (tertiary/aromatic N) is 3. The largest absolute Gasteiger partial charge is 0.377 e. The van der Waals surface area contributed by atoms with Crippen LogP contribution in [0.5, 0.6) is 0 Å². The smallest absolute Gasteiger partial charge is 0.186 e. The van der Waals surface area contributed by atoms with Crippen LogP contribution in [0.4, 0.5) is 5.69 Å². The normalized spacial score (nSPS) is 15.1. The average molecular weight is 380 g/mol. The highest BCUT2D eigenvalue weighted by molar-refractivity contribution is 7.78. The lowest BCUT2D eigenvalue weighted by molar-refractivity contribution is 0.0211. The molecular weight excluding hydrogens is 364 g/mol. The van der Waals surface area contributed by atoms with Crippen molar-refractivity contribution in [3.63, 3.8) is 0 Å². The van der Waals surface area contributed by atoms with Crippen molar-refractivity contribution in [3.8, 4) is 17.2 Å². The first kappa shape index (κ1) is 17.5. The van der Waals surface area contributed by atoms with Gasteiger partial charge in [-0.05, 0) is 28.8 Å². The highest BCUT2D eigenvalue weighted by Gasteiger charge is 2.21. The van der Waals surface area contributed by atoms with Crippen LogP contribution in [0.15, 0.2) is 42.5 Å². The molecule has 0 spiro atoms. The lowest BCUT2D eigenvalue weighted by Gasteiger charge is -2.28. The molecule has 1 fully saturated rings. The third-order valence-corrected chi connectivity index (χ3v) is 5.01. The van der Waals surface area contributed by atoms with E-state index in [9.17, 15) is 9.47 Å². The van der Waals surface area contributed by atoms with Gasteiger partial charge in [0.25, 0.3) is 0 Å². The van der Waals surface area contributed by atoms with E-state index >= 15 is 0 Å². The maximum Gasteiger partial charge on any atom is 0.186 e. The minimum absolute atomic E-state index is 0.111. The summed E-state index contributed by atoms with van der Waals surface area (Å²) >= 11 is -1.85. The van der Waals surface area contributed by atoms with Crippen molar-refractivity contribution in [2.45, 2.75) is 11.8 Å². The Kier molecular flexibility index (Phi) is 4.81. The van der Waals surface area contributed by atoms with Gasteiger partial charge in [0.2, 0.25) is 0 Å². The van der Waals surface area contributed by atoms with Crippen LogP contribution in [-0.4, -0.2) is 38.2 Å². The zero-order valence-corrected chi connectivity index (χ0v) is 15.1. The molecule has 2 N–H and O–H groups in total. The second kappa shape index (κ2) is 7.40. The van der Waals surface area contributed by atoms with Crippen molar-refractivity contribution in [2.24, 2.45) is 0 Å². The molecule has 1 aliphatic heterocycles. The second-order valence-corrected chi connectivity index (χ2v) is 7.24. The number of hydrogen-bond donors (Lipinski definition) is 2. The van der Waals surface area contributed by atoms with Gasteiger partial charge in [-0.3, -0.25) is 0 Å². The summed E-state index contributed by atoms with van der Waals surface area (Å²) in [5.41, 5.74) is 4.36. The molecule has 136 valence electrons. The van der Waals surface area contributed by atoms with Gasteiger partial charge in [-0.25, -0.2) is 4.21 Å². The Hall–Kier alpha value is -2.86. The van der Waals surface area contributed by atoms with Gasteiger partial charge in [0.15, 0.2) is 16.8 Å². The Morgan fingerprint density at radius 2 is 1.93 bits per heavy atom. The standard InChI is InChI=1S/C19H16N4O3S/c20-8-18-19(21-15-9-26-10-15)16-6-5-14(7-17(16)22-23-18)13-3-1-12(2-4-13)11-27(24)25/h1-7,15H,9-11H2,(H,21,22)(H,24,25). The van der Waals surface area contributed by atoms with Crippen molar-refractivity contribution in [1.29, 1.82) is 5.26 Å². The first-order valence-corrected chi connectivity index (χ1v) is 9.63. The van der Waals surface area contributed by atoms with E-state index in [0.29, 0.717) is 24.4 Å². The summed E-state index contributed by atoms with van der Waals surface area (Å²) < 4.78 is 25.1. The maximum atomic E-state index is 10.9. The molecule has 1 aliphatic rings. The van der Waals surface area contributed by atoms with Gasteiger partial charge in [0.1, 0.15) is 6.07 Å². The summed E-state index contributed by atoms with van der Waals surface area (Å²) in [7, 11) is 0. The van der Waals surface area contributed by atoms with Gasteiger partial charge in [-0.2, -0.15) is 5.26 Å². The lowest BCUT2D eigenvalue weighted by Crippen LogP contribution is -2.40. The molecule has 1 unspecified atom stereocenters. The van der Waals surface area contributed by atoms with E-state index in [1.54, 1.807) is 0 Å². The molecule has 4 rings (SSSR count). The SMILES string of the molecule is N#Cc1nnc2cc(-c3ccc(CS(=O)O)cc3)ccc2c1NC1COC1. The van der Waals surface area contributed by atoms with Gasteiger partial charge in [-0.1, -0.05) is 30.3 Å². The third-order valence-electron chi connectivity index (χ3n) is 4.43. The Morgan fingerprint density at radius 1 is 1.19 bits per heavy atom. The minimum atomic E-state index is -1.85. The first-order chi connectivity index (χ1) is 13.1. The molecule has 1 aromatic heterocycles. The van der Waals surface area contributed by atoms with E-state index in [2.05, 4.69) is 21.6 Å². The van der Waals surface area contributed by atoms with Crippen molar-refractivity contribution < 1.29 is 13.5 Å². The molecule has 1 saturated heterocycles. The fourth-order valence-corrected chi connectivity index (χ4v) is 3.45. The summed E-state index contributed by atoms with van der Waals surface area (Å²) in [4.78, 5) is 0. The number of rotatable bonds is 5. The van der Waals surface area contributed by atoms with Crippen LogP contribution in [0.3, 0.4) is 0 Å². The molecule has 0 saturated carbocycles. The molecule has 3 aromatic rings. The average Bonchev–Trinajstić information content (AvgIpc) is 2.64. The van der Waals surface area contributed by atoms with Crippen LogP contribution in [0.2, 0.25) is 0 Å². The molecule has 2 heterocycles. The number of nitriles is 1. The van der Waals surface area contributed by atoms with Crippen LogP contribution in [0.1, 0.15) is 11.3 Å². The summed E-state index contributed by atoms with van der Waals surface area (Å²) in [6.45, 7) is 1.22. The monoisotopic (exact) mass is 380 g/mol. The summed E-state index contributed by atoms with van der Waals surface area (Å²) in [6.07, 6.45) is 0. The van der Waals surface area contributed by atoms with E-state index < -0.39 is 11.1 Å². The summed E-state index contributed by atoms with van der Waals surface area (Å²) in [5.74, 6) is 0.111. The third kappa shape index (κ3) is 3.66. The second-order valence-electron chi connectivity index (χ2n) is 6.31. The van der Waals surface area contributed by atoms with Gasteiger partial charge in [-0.15, -0.1) is 10.2 Å². The molecule has 0 bridgehead atoms. The van der Waals surface area contributed by atoms with Gasteiger partial charge < -0.3 is 14.6 Å². The van der Waals surface area contributed by atoms with Crippen LogP contribution >= 0.6 is 0 Å². The molecule has 0 amide bonds. The fraction of sp³-hybridized carbons (Fsp3) is 0.211. The van der Waals surface area contributed by atoms with E-state index in [0.717, 1.165) is 22.1 Å². The molecule has 7 nitrogen and oxygen atoms in total. The van der Waals surface area contributed by atoms with Crippen molar-refractivity contribution in [1.82, 2.24) is 10.2 Å². The molecule has 2 aromatic carbocycles. The topological polar surface area (TPSA) is 108 Å². The quantitative estimate of drug-likeness (QED) is 0.655. The number of benzene rings is 2. The molecular formula is C19H16N4O3S. The predicted molar refractivity (Wildman–Crippen MR) is 102 cm³/mol. The molecule has 0 radical (unpaired) electrons. The predicted octanol–water partition coefficient (Wildman–Crippen LogP) is 2.70. The number of fused-ring (bicyclic) bond motifs is 1. The van der Waals surface area contributed by atoms with Gasteiger partial charge >= 0.3 is 0 Å². The van der Waals surface area contributed by atoms with Crippen molar-refractivity contribution in [3.05, 3.63) is 53.7 Å². The molecule has 1 atom stereocenters. The number of ether oxygens (including phenoxy) is 1.